The van der Waals surface area contributed by atoms with Crippen molar-refractivity contribution in [3.05, 3.63) is 50.9 Å². The second-order valence-corrected chi connectivity index (χ2v) is 11.5. The fraction of sp³-hybridized carbons (Fsp3) is 0.500. The minimum Gasteiger partial charge on any atom is -0.478 e. The molecular formula is C26H34N2O4S. The molecule has 0 bridgehead atoms. The van der Waals surface area contributed by atoms with Crippen molar-refractivity contribution in [2.24, 2.45) is 11.3 Å². The number of carbonyl (C=O) groups excluding carboxylic acids is 2. The van der Waals surface area contributed by atoms with Gasteiger partial charge >= 0.3 is 5.97 Å². The number of amides is 2. The van der Waals surface area contributed by atoms with E-state index < -0.39 is 5.97 Å². The van der Waals surface area contributed by atoms with E-state index in [0.717, 1.165) is 28.0 Å². The van der Waals surface area contributed by atoms with Crippen LogP contribution in [0.15, 0.2) is 18.2 Å². The molecule has 1 atom stereocenters. The molecule has 1 aromatic heterocycles. The lowest BCUT2D eigenvalue weighted by Crippen LogP contribution is -2.36. The van der Waals surface area contributed by atoms with Crippen molar-refractivity contribution in [2.45, 2.75) is 67.3 Å². The summed E-state index contributed by atoms with van der Waals surface area (Å²) in [6.07, 6.45) is 1.71. The average Bonchev–Trinajstić information content (AvgIpc) is 3.02. The summed E-state index contributed by atoms with van der Waals surface area (Å²) in [4.78, 5) is 40.4. The van der Waals surface area contributed by atoms with E-state index >= 15 is 0 Å². The van der Waals surface area contributed by atoms with Gasteiger partial charge in [-0.2, -0.15) is 0 Å². The lowest BCUT2D eigenvalue weighted by Gasteiger charge is -2.27. The van der Waals surface area contributed by atoms with Gasteiger partial charge in [0.25, 0.3) is 5.91 Å². The molecule has 2 N–H and O–H groups in total. The first kappa shape index (κ1) is 25.0. The number of thiophene rings is 1. The summed E-state index contributed by atoms with van der Waals surface area (Å²) in [7, 11) is 0. The maximum Gasteiger partial charge on any atom is 0.339 e. The number of hydrogen-bond acceptors (Lipinski definition) is 4. The second-order valence-electron chi connectivity index (χ2n) is 10.4. The third-order valence-electron chi connectivity index (χ3n) is 5.92. The predicted molar refractivity (Wildman–Crippen MR) is 132 cm³/mol. The van der Waals surface area contributed by atoms with Crippen molar-refractivity contribution in [1.29, 1.82) is 0 Å². The summed E-state index contributed by atoms with van der Waals surface area (Å²) in [6, 6.07) is 5.77. The van der Waals surface area contributed by atoms with Gasteiger partial charge in [-0.25, -0.2) is 4.79 Å². The molecule has 0 aliphatic carbocycles. The Morgan fingerprint density at radius 1 is 1.21 bits per heavy atom. The zero-order valence-corrected chi connectivity index (χ0v) is 21.2. The predicted octanol–water partition coefficient (Wildman–Crippen LogP) is 5.66. The van der Waals surface area contributed by atoms with Gasteiger partial charge in [0, 0.05) is 23.4 Å². The summed E-state index contributed by atoms with van der Waals surface area (Å²) in [5.41, 5.74) is 3.73. The number of hydrogen-bond donors (Lipinski definition) is 2. The van der Waals surface area contributed by atoms with Crippen molar-refractivity contribution < 1.29 is 19.5 Å². The lowest BCUT2D eigenvalue weighted by molar-refractivity contribution is -0.117. The van der Waals surface area contributed by atoms with Crippen LogP contribution in [0.5, 0.6) is 0 Å². The van der Waals surface area contributed by atoms with Crippen molar-refractivity contribution >= 4 is 34.1 Å². The number of anilines is 1. The van der Waals surface area contributed by atoms with Crippen LogP contribution in [0, 0.1) is 25.2 Å². The summed E-state index contributed by atoms with van der Waals surface area (Å²) in [5, 5.41) is 13.1. The van der Waals surface area contributed by atoms with Crippen LogP contribution in [0.2, 0.25) is 0 Å². The highest BCUT2D eigenvalue weighted by molar-refractivity contribution is 7.17. The Morgan fingerprint density at radius 2 is 1.91 bits per heavy atom. The van der Waals surface area contributed by atoms with Crippen LogP contribution in [0.3, 0.4) is 0 Å². The molecule has 2 heterocycles. The molecule has 33 heavy (non-hydrogen) atoms. The van der Waals surface area contributed by atoms with Crippen LogP contribution < -0.4 is 5.32 Å². The van der Waals surface area contributed by atoms with Crippen LogP contribution in [-0.2, 0) is 17.8 Å². The number of nitrogens with one attached hydrogen (secondary N) is 1. The number of carboxylic acid groups (broad SMARTS) is 1. The van der Waals surface area contributed by atoms with Crippen molar-refractivity contribution in [3.8, 4) is 0 Å². The largest absolute Gasteiger partial charge is 0.478 e. The highest BCUT2D eigenvalue weighted by atomic mass is 32.1. The topological polar surface area (TPSA) is 86.7 Å². The maximum atomic E-state index is 13.1. The average molecular weight is 471 g/mol. The van der Waals surface area contributed by atoms with E-state index in [2.05, 4.69) is 26.1 Å². The first-order valence-electron chi connectivity index (χ1n) is 11.4. The van der Waals surface area contributed by atoms with E-state index in [-0.39, 0.29) is 28.7 Å². The molecule has 0 spiro atoms. The Morgan fingerprint density at radius 3 is 2.52 bits per heavy atom. The van der Waals surface area contributed by atoms with Crippen LogP contribution in [-0.4, -0.2) is 34.3 Å². The zero-order chi connectivity index (χ0) is 24.5. The van der Waals surface area contributed by atoms with E-state index in [1.54, 1.807) is 4.90 Å². The highest BCUT2D eigenvalue weighted by Crippen LogP contribution is 2.38. The third-order valence-corrected chi connectivity index (χ3v) is 7.05. The third kappa shape index (κ3) is 6.02. The van der Waals surface area contributed by atoms with Gasteiger partial charge < -0.3 is 15.3 Å². The summed E-state index contributed by atoms with van der Waals surface area (Å²) >= 11 is 1.28. The maximum absolute atomic E-state index is 13.1. The summed E-state index contributed by atoms with van der Waals surface area (Å²) in [6.45, 7) is 13.2. The number of rotatable bonds is 6. The number of fused-ring (bicyclic) bond motifs is 1. The highest BCUT2D eigenvalue weighted by Gasteiger charge is 2.31. The van der Waals surface area contributed by atoms with Crippen molar-refractivity contribution in [1.82, 2.24) is 4.90 Å². The second kappa shape index (κ2) is 9.67. The molecule has 1 unspecified atom stereocenters. The molecule has 0 saturated carbocycles. The van der Waals surface area contributed by atoms with E-state index in [1.165, 1.54) is 11.3 Å². The Bertz CT molecular complexity index is 1080. The van der Waals surface area contributed by atoms with Gasteiger partial charge in [0.15, 0.2) is 0 Å². The zero-order valence-electron chi connectivity index (χ0n) is 20.4. The smallest absolute Gasteiger partial charge is 0.339 e. The standard InChI is InChI=1S/C26H34N2O4S/c1-15-7-8-18(17(3)11-15)24(30)28-10-9-19-20(14-28)33-23(22(19)25(31)32)27-21(29)12-16(2)13-26(4,5)6/h7-8,11,16H,9-10,12-14H2,1-6H3,(H,27,29)(H,31,32). The first-order chi connectivity index (χ1) is 15.4. The van der Waals surface area contributed by atoms with Crippen LogP contribution in [0.1, 0.15) is 82.8 Å². The van der Waals surface area contributed by atoms with E-state index in [0.29, 0.717) is 36.5 Å². The van der Waals surface area contributed by atoms with Gasteiger partial charge in [-0.1, -0.05) is 45.4 Å². The minimum absolute atomic E-state index is 0.0509. The number of aryl methyl sites for hydroxylation is 2. The Balaban J connectivity index is 1.78. The minimum atomic E-state index is -1.04. The lowest BCUT2D eigenvalue weighted by atomic mass is 9.84. The number of carboxylic acids is 1. The molecule has 7 heteroatoms. The van der Waals surface area contributed by atoms with Gasteiger partial charge in [0.1, 0.15) is 5.00 Å². The molecule has 0 radical (unpaired) electrons. The Hall–Kier alpha value is -2.67. The SMILES string of the molecule is Cc1ccc(C(=O)N2CCc3c(sc(NC(=O)CC(C)CC(C)(C)C)c3C(=O)O)C2)c(C)c1. The molecule has 2 aromatic rings. The van der Waals surface area contributed by atoms with Gasteiger partial charge in [0.2, 0.25) is 5.91 Å². The summed E-state index contributed by atoms with van der Waals surface area (Å²) in [5.74, 6) is -1.07. The van der Waals surface area contributed by atoms with Crippen LogP contribution >= 0.6 is 11.3 Å². The fourth-order valence-corrected chi connectivity index (χ4v) is 6.00. The van der Waals surface area contributed by atoms with Crippen LogP contribution in [0.4, 0.5) is 5.00 Å². The number of aromatic carboxylic acids is 1. The number of benzene rings is 1. The van der Waals surface area contributed by atoms with E-state index in [1.807, 2.05) is 39.0 Å². The number of carbonyl (C=O) groups is 3. The van der Waals surface area contributed by atoms with Crippen LogP contribution in [0.25, 0.3) is 0 Å². The van der Waals surface area contributed by atoms with Gasteiger partial charge in [-0.15, -0.1) is 11.3 Å². The molecule has 0 fully saturated rings. The van der Waals surface area contributed by atoms with Crippen molar-refractivity contribution in [3.63, 3.8) is 0 Å². The van der Waals surface area contributed by atoms with E-state index in [9.17, 15) is 19.5 Å². The molecule has 3 rings (SSSR count). The normalized spacial score (nSPS) is 14.5. The van der Waals surface area contributed by atoms with Crippen molar-refractivity contribution in [2.75, 3.05) is 11.9 Å². The molecule has 1 aliphatic heterocycles. The molecule has 2 amide bonds. The molecular weight excluding hydrogens is 436 g/mol. The van der Waals surface area contributed by atoms with Gasteiger partial charge in [0.05, 0.1) is 12.1 Å². The number of nitrogens with zero attached hydrogens (tertiary/aromatic N) is 1. The van der Waals surface area contributed by atoms with Gasteiger partial charge in [-0.05, 0) is 55.2 Å². The Kier molecular flexibility index (Phi) is 7.32. The van der Waals surface area contributed by atoms with Gasteiger partial charge in [-0.3, -0.25) is 9.59 Å². The Labute approximate surface area is 200 Å². The molecule has 0 saturated heterocycles. The van der Waals surface area contributed by atoms with E-state index in [4.69, 9.17) is 0 Å². The first-order valence-corrected chi connectivity index (χ1v) is 12.2. The molecule has 178 valence electrons. The molecule has 1 aliphatic rings. The monoisotopic (exact) mass is 470 g/mol. The molecule has 6 nitrogen and oxygen atoms in total. The quantitative estimate of drug-likeness (QED) is 0.570. The fourth-order valence-electron chi connectivity index (χ4n) is 4.73. The summed E-state index contributed by atoms with van der Waals surface area (Å²) < 4.78 is 0. The molecule has 1 aromatic carbocycles.